The van der Waals surface area contributed by atoms with Gasteiger partial charge < -0.3 is 9.64 Å². The second kappa shape index (κ2) is 5.78. The average molecular weight is 338 g/mol. The predicted octanol–water partition coefficient (Wildman–Crippen LogP) is 1.79. The molecule has 1 aliphatic heterocycles. The van der Waals surface area contributed by atoms with E-state index in [1.807, 2.05) is 0 Å². The summed E-state index contributed by atoms with van der Waals surface area (Å²) in [6, 6.07) is 3.21. The van der Waals surface area contributed by atoms with Gasteiger partial charge in [0.05, 0.1) is 18.6 Å². The zero-order chi connectivity index (χ0) is 16.7. The number of hydrogen-bond acceptors (Lipinski definition) is 6. The Morgan fingerprint density at radius 1 is 1.26 bits per heavy atom. The Labute approximate surface area is 136 Å². The van der Waals surface area contributed by atoms with Crippen molar-refractivity contribution in [2.75, 3.05) is 31.4 Å². The third-order valence-corrected chi connectivity index (χ3v) is 5.65. The fraction of sp³-hybridized carbons (Fsp3) is 0.625. The molecule has 23 heavy (non-hydrogen) atoms. The quantitative estimate of drug-likeness (QED) is 0.779. The summed E-state index contributed by atoms with van der Waals surface area (Å²) in [5.74, 6) is -0.0159. The second-order valence-electron chi connectivity index (χ2n) is 6.72. The Balaban J connectivity index is 1.90. The fourth-order valence-corrected chi connectivity index (χ4v) is 3.91. The van der Waals surface area contributed by atoms with Gasteiger partial charge in [-0.05, 0) is 43.2 Å². The van der Waals surface area contributed by atoms with Crippen LogP contribution < -0.4 is 4.90 Å². The number of piperidine rings is 1. The standard InChI is InChI=1S/C16H22N2O4S/c1-22-15(19)13-4-3-12(11-23(2,20)21)17-14(13)18-9-7-16(5-6-16)8-10-18/h3-4H,5-11H2,1-2H3. The SMILES string of the molecule is COC(=O)c1ccc(CS(C)(=O)=O)nc1N1CCC2(CC1)CC2. The van der Waals surface area contributed by atoms with Crippen molar-refractivity contribution in [2.45, 2.75) is 31.4 Å². The number of anilines is 1. The number of nitrogens with zero attached hydrogens (tertiary/aromatic N) is 2. The first-order chi connectivity index (χ1) is 10.8. The molecule has 2 heterocycles. The van der Waals surface area contributed by atoms with E-state index in [-0.39, 0.29) is 5.75 Å². The van der Waals surface area contributed by atoms with Crippen LogP contribution in [0.2, 0.25) is 0 Å². The summed E-state index contributed by atoms with van der Waals surface area (Å²) in [7, 11) is -1.83. The smallest absolute Gasteiger partial charge is 0.341 e. The van der Waals surface area contributed by atoms with Crippen LogP contribution >= 0.6 is 0 Å². The third-order valence-electron chi connectivity index (χ3n) is 4.83. The van der Waals surface area contributed by atoms with Crippen LogP contribution in [0, 0.1) is 5.41 Å². The Hall–Kier alpha value is -1.63. The summed E-state index contributed by atoms with van der Waals surface area (Å²) in [6.07, 6.45) is 5.98. The molecule has 3 rings (SSSR count). The molecule has 126 valence electrons. The molecule has 1 saturated carbocycles. The van der Waals surface area contributed by atoms with Crippen LogP contribution in [0.25, 0.3) is 0 Å². The minimum Gasteiger partial charge on any atom is -0.465 e. The van der Waals surface area contributed by atoms with Crippen molar-refractivity contribution in [1.82, 2.24) is 4.98 Å². The number of sulfone groups is 1. The van der Waals surface area contributed by atoms with Crippen LogP contribution in [0.4, 0.5) is 5.82 Å². The van der Waals surface area contributed by atoms with Crippen molar-refractivity contribution >= 4 is 21.6 Å². The van der Waals surface area contributed by atoms with E-state index in [2.05, 4.69) is 9.88 Å². The number of pyridine rings is 1. The maximum atomic E-state index is 12.0. The number of rotatable bonds is 4. The lowest BCUT2D eigenvalue weighted by Crippen LogP contribution is -2.36. The van der Waals surface area contributed by atoms with E-state index in [4.69, 9.17) is 4.74 Å². The first kappa shape index (κ1) is 16.2. The highest BCUT2D eigenvalue weighted by Crippen LogP contribution is 2.53. The summed E-state index contributed by atoms with van der Waals surface area (Å²) < 4.78 is 27.9. The summed E-state index contributed by atoms with van der Waals surface area (Å²) >= 11 is 0. The lowest BCUT2D eigenvalue weighted by atomic mass is 9.93. The molecule has 1 spiro atoms. The average Bonchev–Trinajstić information content (AvgIpc) is 3.25. The van der Waals surface area contributed by atoms with Gasteiger partial charge in [0.25, 0.3) is 0 Å². The van der Waals surface area contributed by atoms with Crippen molar-refractivity contribution in [2.24, 2.45) is 5.41 Å². The highest BCUT2D eigenvalue weighted by atomic mass is 32.2. The molecule has 1 aromatic heterocycles. The highest BCUT2D eigenvalue weighted by molar-refractivity contribution is 7.89. The number of hydrogen-bond donors (Lipinski definition) is 0. The summed E-state index contributed by atoms with van der Waals surface area (Å²) in [4.78, 5) is 18.6. The molecule has 2 fully saturated rings. The summed E-state index contributed by atoms with van der Waals surface area (Å²) in [5, 5.41) is 0. The van der Waals surface area contributed by atoms with E-state index >= 15 is 0 Å². The van der Waals surface area contributed by atoms with Gasteiger partial charge in [0.15, 0.2) is 9.84 Å². The van der Waals surface area contributed by atoms with Crippen LogP contribution in [0.1, 0.15) is 41.7 Å². The maximum Gasteiger partial charge on any atom is 0.341 e. The molecule has 0 aromatic carbocycles. The van der Waals surface area contributed by atoms with Gasteiger partial charge in [-0.25, -0.2) is 18.2 Å². The fourth-order valence-electron chi connectivity index (χ4n) is 3.22. The molecule has 0 N–H and O–H groups in total. The molecule has 1 saturated heterocycles. The van der Waals surface area contributed by atoms with Crippen LogP contribution in [-0.2, 0) is 20.3 Å². The summed E-state index contributed by atoms with van der Waals surface area (Å²) in [5.41, 5.74) is 1.38. The van der Waals surface area contributed by atoms with Gasteiger partial charge in [0.2, 0.25) is 0 Å². The topological polar surface area (TPSA) is 76.6 Å². The normalized spacial score (nSPS) is 19.7. The van der Waals surface area contributed by atoms with E-state index in [0.29, 0.717) is 22.5 Å². The number of esters is 1. The van der Waals surface area contributed by atoms with Gasteiger partial charge in [-0.15, -0.1) is 0 Å². The predicted molar refractivity (Wildman–Crippen MR) is 87.2 cm³/mol. The van der Waals surface area contributed by atoms with Crippen molar-refractivity contribution in [1.29, 1.82) is 0 Å². The second-order valence-corrected chi connectivity index (χ2v) is 8.86. The van der Waals surface area contributed by atoms with E-state index in [1.165, 1.54) is 26.2 Å². The van der Waals surface area contributed by atoms with E-state index in [9.17, 15) is 13.2 Å². The van der Waals surface area contributed by atoms with E-state index < -0.39 is 15.8 Å². The monoisotopic (exact) mass is 338 g/mol. The van der Waals surface area contributed by atoms with Crippen LogP contribution in [0.5, 0.6) is 0 Å². The minimum absolute atomic E-state index is 0.126. The van der Waals surface area contributed by atoms with Crippen molar-refractivity contribution in [3.05, 3.63) is 23.4 Å². The van der Waals surface area contributed by atoms with Gasteiger partial charge in [0, 0.05) is 19.3 Å². The number of carbonyl (C=O) groups is 1. The maximum absolute atomic E-state index is 12.0. The molecule has 0 unspecified atom stereocenters. The van der Waals surface area contributed by atoms with Crippen LogP contribution in [0.15, 0.2) is 12.1 Å². The van der Waals surface area contributed by atoms with E-state index in [0.717, 1.165) is 25.9 Å². The van der Waals surface area contributed by atoms with Crippen molar-refractivity contribution in [3.8, 4) is 0 Å². The first-order valence-corrected chi connectivity index (χ1v) is 9.89. The molecule has 1 aromatic rings. The summed E-state index contributed by atoms with van der Waals surface area (Å²) in [6.45, 7) is 1.69. The molecule has 7 heteroatoms. The Bertz CT molecular complexity index is 716. The van der Waals surface area contributed by atoms with Crippen molar-refractivity contribution in [3.63, 3.8) is 0 Å². The van der Waals surface area contributed by atoms with Gasteiger partial charge in [-0.1, -0.05) is 0 Å². The third kappa shape index (κ3) is 3.65. The molecular formula is C16H22N2O4S. The highest BCUT2D eigenvalue weighted by Gasteiger charge is 2.44. The molecular weight excluding hydrogens is 316 g/mol. The molecule has 0 atom stereocenters. The molecule has 6 nitrogen and oxygen atoms in total. The largest absolute Gasteiger partial charge is 0.465 e. The molecule has 0 radical (unpaired) electrons. The first-order valence-electron chi connectivity index (χ1n) is 7.83. The Morgan fingerprint density at radius 2 is 1.91 bits per heavy atom. The lowest BCUT2D eigenvalue weighted by molar-refractivity contribution is 0.0601. The molecule has 0 amide bonds. The minimum atomic E-state index is -3.17. The Morgan fingerprint density at radius 3 is 2.43 bits per heavy atom. The number of ether oxygens (including phenoxy) is 1. The van der Waals surface area contributed by atoms with Gasteiger partial charge >= 0.3 is 5.97 Å². The van der Waals surface area contributed by atoms with Gasteiger partial charge in [-0.2, -0.15) is 0 Å². The number of aromatic nitrogens is 1. The number of methoxy groups -OCH3 is 1. The van der Waals surface area contributed by atoms with Gasteiger partial charge in [0.1, 0.15) is 11.4 Å². The zero-order valence-corrected chi connectivity index (χ0v) is 14.4. The van der Waals surface area contributed by atoms with Crippen LogP contribution in [-0.4, -0.2) is 45.8 Å². The molecule has 0 bridgehead atoms. The van der Waals surface area contributed by atoms with Crippen LogP contribution in [0.3, 0.4) is 0 Å². The molecule has 2 aliphatic rings. The van der Waals surface area contributed by atoms with E-state index in [1.54, 1.807) is 12.1 Å². The number of carbonyl (C=O) groups excluding carboxylic acids is 1. The zero-order valence-electron chi connectivity index (χ0n) is 13.5. The van der Waals surface area contributed by atoms with Crippen molar-refractivity contribution < 1.29 is 17.9 Å². The Kier molecular flexibility index (Phi) is 4.08. The molecule has 1 aliphatic carbocycles. The van der Waals surface area contributed by atoms with Gasteiger partial charge in [-0.3, -0.25) is 0 Å². The lowest BCUT2D eigenvalue weighted by Gasteiger charge is -2.34.